The van der Waals surface area contributed by atoms with Crippen molar-refractivity contribution in [1.29, 1.82) is 0 Å². The predicted molar refractivity (Wildman–Crippen MR) is 136 cm³/mol. The maximum Gasteiger partial charge on any atom is 0.222 e. The van der Waals surface area contributed by atoms with Crippen LogP contribution >= 0.6 is 0 Å². The monoisotopic (exact) mass is 561 g/mol. The summed E-state index contributed by atoms with van der Waals surface area (Å²) in [5, 5.41) is 33.4. The second-order valence-electron chi connectivity index (χ2n) is 10.5. The number of halogens is 2. The number of hydrogen-bond acceptors (Lipinski definition) is 9. The molecule has 0 bridgehead atoms. The Hall–Kier alpha value is -3.26. The maximum atomic E-state index is 14.6. The highest BCUT2D eigenvalue weighted by Gasteiger charge is 2.47. The molecule has 0 spiro atoms. The first-order valence-electron chi connectivity index (χ1n) is 13.2. The van der Waals surface area contributed by atoms with Gasteiger partial charge >= 0.3 is 0 Å². The molecule has 2 aromatic heterocycles. The standard InChI is InChI=1S/C27H33F2N5O6/c1-14-4-6-17(24(29)23(14)28)19-12-34(32-30-19)25-26(37)21(13-35)39-20(27(25)38-3)11-16-10-18(31-40-16)15-5-7-22(36)33(2)9-8-15/h4,6,10,12,15,20-21,25-27,35,37H,5,7-9,11,13H2,1-3H3/t15?,20-,21-,25+,26+,27+/m1/s1. The van der Waals surface area contributed by atoms with Crippen molar-refractivity contribution < 1.29 is 37.8 Å². The second-order valence-corrected chi connectivity index (χ2v) is 10.5. The van der Waals surface area contributed by atoms with Crippen LogP contribution in [0.15, 0.2) is 28.9 Å². The van der Waals surface area contributed by atoms with E-state index >= 15 is 0 Å². The molecule has 1 amide bonds. The lowest BCUT2D eigenvalue weighted by Crippen LogP contribution is -2.57. The first-order valence-corrected chi connectivity index (χ1v) is 13.2. The molecule has 2 fully saturated rings. The number of amides is 1. The van der Waals surface area contributed by atoms with Crippen molar-refractivity contribution in [2.45, 2.75) is 69.0 Å². The van der Waals surface area contributed by atoms with E-state index in [1.165, 1.54) is 37.0 Å². The number of likely N-dealkylation sites (tertiary alicyclic amines) is 1. The minimum absolute atomic E-state index is 0.0688. The van der Waals surface area contributed by atoms with Crippen LogP contribution in [0, 0.1) is 18.6 Å². The number of ether oxygens (including phenoxy) is 2. The average Bonchev–Trinajstić information content (AvgIpc) is 3.58. The van der Waals surface area contributed by atoms with Crippen molar-refractivity contribution in [3.8, 4) is 11.3 Å². The predicted octanol–water partition coefficient (Wildman–Crippen LogP) is 2.17. The summed E-state index contributed by atoms with van der Waals surface area (Å²) in [6.45, 7) is 1.62. The number of hydrogen-bond donors (Lipinski definition) is 2. The minimum Gasteiger partial charge on any atom is -0.394 e. The molecule has 2 aliphatic rings. The highest BCUT2D eigenvalue weighted by Crippen LogP contribution is 2.35. The summed E-state index contributed by atoms with van der Waals surface area (Å²) in [6, 6.07) is 3.83. The molecule has 216 valence electrons. The Kier molecular flexibility index (Phi) is 8.26. The number of carbonyl (C=O) groups is 1. The Morgan fingerprint density at radius 2 is 2.00 bits per heavy atom. The van der Waals surface area contributed by atoms with Crippen LogP contribution in [0.3, 0.4) is 0 Å². The molecule has 6 atom stereocenters. The van der Waals surface area contributed by atoms with Crippen molar-refractivity contribution in [2.75, 3.05) is 27.3 Å². The Morgan fingerprint density at radius 1 is 1.20 bits per heavy atom. The van der Waals surface area contributed by atoms with Gasteiger partial charge in [0.1, 0.15) is 35.8 Å². The highest BCUT2D eigenvalue weighted by molar-refractivity contribution is 5.76. The molecular weight excluding hydrogens is 528 g/mol. The van der Waals surface area contributed by atoms with E-state index in [2.05, 4.69) is 15.5 Å². The van der Waals surface area contributed by atoms with Crippen LogP contribution in [-0.2, 0) is 20.7 Å². The zero-order chi connectivity index (χ0) is 28.6. The van der Waals surface area contributed by atoms with Crippen LogP contribution in [0.5, 0.6) is 0 Å². The zero-order valence-corrected chi connectivity index (χ0v) is 22.5. The molecule has 1 unspecified atom stereocenters. The van der Waals surface area contributed by atoms with Gasteiger partial charge in [-0.05, 0) is 31.4 Å². The van der Waals surface area contributed by atoms with Crippen molar-refractivity contribution >= 4 is 5.91 Å². The summed E-state index contributed by atoms with van der Waals surface area (Å²) in [5.74, 6) is -1.30. The number of aromatic nitrogens is 4. The SMILES string of the molecule is CO[C@@H]1[C@@H](n2cc(-c3ccc(C)c(F)c3F)nn2)[C@@H](O)[C@@H](CO)O[C@@H]1Cc1cc(C2CCC(=O)N(C)CC2)no1. The first kappa shape index (κ1) is 28.3. The van der Waals surface area contributed by atoms with E-state index in [0.717, 1.165) is 12.1 Å². The number of carbonyl (C=O) groups excluding carboxylic acids is 1. The van der Waals surface area contributed by atoms with Gasteiger partial charge in [-0.2, -0.15) is 0 Å². The quantitative estimate of drug-likeness (QED) is 0.445. The third-order valence-electron chi connectivity index (χ3n) is 7.95. The fraction of sp³-hybridized carbons (Fsp3) is 0.556. The third-order valence-corrected chi connectivity index (χ3v) is 7.95. The normalized spacial score (nSPS) is 27.7. The minimum atomic E-state index is -1.24. The lowest BCUT2D eigenvalue weighted by Gasteiger charge is -2.43. The lowest BCUT2D eigenvalue weighted by molar-refractivity contribution is -0.212. The second kappa shape index (κ2) is 11.7. The van der Waals surface area contributed by atoms with Gasteiger partial charge < -0.3 is 29.1 Å². The summed E-state index contributed by atoms with van der Waals surface area (Å²) in [6.07, 6.45) is -0.162. The Labute approximate surface area is 229 Å². The van der Waals surface area contributed by atoms with E-state index in [0.29, 0.717) is 25.1 Å². The van der Waals surface area contributed by atoms with Crippen LogP contribution in [0.1, 0.15) is 48.2 Å². The molecule has 2 aliphatic heterocycles. The third kappa shape index (κ3) is 5.38. The number of rotatable bonds is 7. The van der Waals surface area contributed by atoms with Gasteiger partial charge in [0.25, 0.3) is 0 Å². The molecule has 0 radical (unpaired) electrons. The Bertz CT molecular complexity index is 1350. The molecule has 0 aliphatic carbocycles. The summed E-state index contributed by atoms with van der Waals surface area (Å²) in [4.78, 5) is 13.8. The number of aryl methyl sites for hydroxylation is 1. The van der Waals surface area contributed by atoms with Gasteiger partial charge in [-0.1, -0.05) is 16.4 Å². The van der Waals surface area contributed by atoms with Gasteiger partial charge in [0.15, 0.2) is 11.6 Å². The number of methoxy groups -OCH3 is 1. The van der Waals surface area contributed by atoms with Gasteiger partial charge in [-0.3, -0.25) is 4.79 Å². The van der Waals surface area contributed by atoms with Crippen LogP contribution in [-0.4, -0.2) is 92.9 Å². The molecule has 2 N–H and O–H groups in total. The van der Waals surface area contributed by atoms with Crippen molar-refractivity contribution in [3.63, 3.8) is 0 Å². The first-order chi connectivity index (χ1) is 19.2. The molecule has 0 saturated carbocycles. The van der Waals surface area contributed by atoms with Crippen LogP contribution in [0.25, 0.3) is 11.3 Å². The van der Waals surface area contributed by atoms with Gasteiger partial charge in [0, 0.05) is 51.1 Å². The molecule has 4 heterocycles. The van der Waals surface area contributed by atoms with Crippen molar-refractivity contribution in [3.05, 3.63) is 53.0 Å². The lowest BCUT2D eigenvalue weighted by atomic mass is 9.90. The van der Waals surface area contributed by atoms with Crippen molar-refractivity contribution in [1.82, 2.24) is 25.1 Å². The van der Waals surface area contributed by atoms with Crippen LogP contribution in [0.2, 0.25) is 0 Å². The van der Waals surface area contributed by atoms with E-state index in [1.54, 1.807) is 11.9 Å². The summed E-state index contributed by atoms with van der Waals surface area (Å²) in [5.41, 5.74) is 0.929. The fourth-order valence-corrected chi connectivity index (χ4v) is 5.54. The molecule has 11 nitrogen and oxygen atoms in total. The molecule has 13 heteroatoms. The molecular formula is C27H33F2N5O6. The zero-order valence-electron chi connectivity index (χ0n) is 22.5. The van der Waals surface area contributed by atoms with E-state index in [4.69, 9.17) is 14.0 Å². The summed E-state index contributed by atoms with van der Waals surface area (Å²) in [7, 11) is 3.25. The van der Waals surface area contributed by atoms with Gasteiger partial charge in [0.2, 0.25) is 5.91 Å². The van der Waals surface area contributed by atoms with E-state index < -0.39 is 48.7 Å². The van der Waals surface area contributed by atoms with Gasteiger partial charge in [-0.15, -0.1) is 5.10 Å². The Balaban J connectivity index is 1.38. The van der Waals surface area contributed by atoms with Crippen LogP contribution < -0.4 is 0 Å². The average molecular weight is 562 g/mol. The summed E-state index contributed by atoms with van der Waals surface area (Å²) < 4.78 is 47.5. The number of nitrogens with zero attached hydrogens (tertiary/aromatic N) is 5. The molecule has 2 saturated heterocycles. The molecule has 5 rings (SSSR count). The molecule has 1 aromatic carbocycles. The van der Waals surface area contributed by atoms with E-state index in [-0.39, 0.29) is 35.1 Å². The van der Waals surface area contributed by atoms with Crippen LogP contribution in [0.4, 0.5) is 8.78 Å². The fourth-order valence-electron chi connectivity index (χ4n) is 5.54. The van der Waals surface area contributed by atoms with E-state index in [1.807, 2.05) is 6.07 Å². The van der Waals surface area contributed by atoms with Gasteiger partial charge in [0.05, 0.1) is 24.6 Å². The largest absolute Gasteiger partial charge is 0.394 e. The number of aliphatic hydroxyl groups is 2. The van der Waals surface area contributed by atoms with E-state index in [9.17, 15) is 23.8 Å². The summed E-state index contributed by atoms with van der Waals surface area (Å²) >= 11 is 0. The van der Waals surface area contributed by atoms with Crippen molar-refractivity contribution in [2.24, 2.45) is 0 Å². The number of aliphatic hydroxyl groups excluding tert-OH is 2. The van der Waals surface area contributed by atoms with Gasteiger partial charge in [-0.25, -0.2) is 13.5 Å². The topological polar surface area (TPSA) is 136 Å². The maximum absolute atomic E-state index is 14.6. The smallest absolute Gasteiger partial charge is 0.222 e. The molecule has 3 aromatic rings. The molecule has 40 heavy (non-hydrogen) atoms. The number of benzene rings is 1. The Morgan fingerprint density at radius 3 is 2.75 bits per heavy atom. The highest BCUT2D eigenvalue weighted by atomic mass is 19.2.